The summed E-state index contributed by atoms with van der Waals surface area (Å²) in [5, 5.41) is 0.863. The smallest absolute Gasteiger partial charge is 0.124 e. The van der Waals surface area contributed by atoms with Gasteiger partial charge >= 0.3 is 0 Å². The Kier molecular flexibility index (Phi) is 2.60. The molecule has 2 aliphatic carbocycles. The normalized spacial score (nSPS) is 21.4. The molecule has 1 aromatic rings. The van der Waals surface area contributed by atoms with E-state index in [1.54, 1.807) is 7.11 Å². The Morgan fingerprint density at radius 3 is 2.59 bits per heavy atom. The Hall–Kier alpha value is -0.730. The van der Waals surface area contributed by atoms with Crippen molar-refractivity contribution in [2.24, 2.45) is 5.73 Å². The van der Waals surface area contributed by atoms with Gasteiger partial charge in [0.2, 0.25) is 0 Å². The molecule has 2 saturated carbocycles. The maximum Gasteiger partial charge on any atom is 0.124 e. The molecule has 0 amide bonds. The monoisotopic (exact) mass is 251 g/mol. The van der Waals surface area contributed by atoms with Gasteiger partial charge in [0.25, 0.3) is 0 Å². The molecule has 3 heteroatoms. The molecule has 92 valence electrons. The first kappa shape index (κ1) is 11.4. The van der Waals surface area contributed by atoms with Crippen molar-refractivity contribution in [1.29, 1.82) is 0 Å². The molecule has 3 rings (SSSR count). The van der Waals surface area contributed by atoms with Crippen LogP contribution in [0.1, 0.15) is 42.7 Å². The lowest BCUT2D eigenvalue weighted by Gasteiger charge is -2.17. The number of benzene rings is 1. The molecule has 2 aliphatic rings. The molecule has 0 atom stereocenters. The van der Waals surface area contributed by atoms with Crippen molar-refractivity contribution < 1.29 is 4.74 Å². The van der Waals surface area contributed by atoms with Crippen molar-refractivity contribution in [2.75, 3.05) is 13.7 Å². The van der Waals surface area contributed by atoms with Crippen LogP contribution < -0.4 is 10.5 Å². The topological polar surface area (TPSA) is 35.2 Å². The average molecular weight is 252 g/mol. The molecule has 1 aromatic carbocycles. The van der Waals surface area contributed by atoms with Gasteiger partial charge in [-0.25, -0.2) is 0 Å². The van der Waals surface area contributed by atoms with Crippen molar-refractivity contribution in [3.8, 4) is 5.75 Å². The van der Waals surface area contributed by atoms with Crippen molar-refractivity contribution in [3.63, 3.8) is 0 Å². The first-order valence-corrected chi connectivity index (χ1v) is 6.66. The van der Waals surface area contributed by atoms with Crippen molar-refractivity contribution in [2.45, 2.75) is 37.0 Å². The van der Waals surface area contributed by atoms with Gasteiger partial charge in [-0.15, -0.1) is 0 Å². The lowest BCUT2D eigenvalue weighted by molar-refractivity contribution is 0.408. The summed E-state index contributed by atoms with van der Waals surface area (Å²) in [6.07, 6.45) is 4.81. The predicted octanol–water partition coefficient (Wildman–Crippen LogP) is 3.22. The summed E-state index contributed by atoms with van der Waals surface area (Å²) in [6.45, 7) is 0.704. The van der Waals surface area contributed by atoms with Crippen LogP contribution in [0.5, 0.6) is 5.75 Å². The summed E-state index contributed by atoms with van der Waals surface area (Å²) < 4.78 is 5.51. The number of halogens is 1. The lowest BCUT2D eigenvalue weighted by atomic mass is 9.93. The second-order valence-electron chi connectivity index (χ2n) is 5.33. The van der Waals surface area contributed by atoms with E-state index in [9.17, 15) is 0 Å². The van der Waals surface area contributed by atoms with E-state index in [-0.39, 0.29) is 5.41 Å². The summed E-state index contributed by atoms with van der Waals surface area (Å²) in [4.78, 5) is 0. The highest BCUT2D eigenvalue weighted by molar-refractivity contribution is 6.31. The first-order chi connectivity index (χ1) is 8.20. The fourth-order valence-electron chi connectivity index (χ4n) is 2.60. The Labute approximate surface area is 107 Å². The van der Waals surface area contributed by atoms with Crippen LogP contribution in [0.4, 0.5) is 0 Å². The second-order valence-corrected chi connectivity index (χ2v) is 5.74. The van der Waals surface area contributed by atoms with Crippen LogP contribution in [0, 0.1) is 0 Å². The summed E-state index contributed by atoms with van der Waals surface area (Å²) in [5.41, 5.74) is 8.50. The minimum atomic E-state index is 0.180. The van der Waals surface area contributed by atoms with Crippen LogP contribution in [0.2, 0.25) is 5.02 Å². The van der Waals surface area contributed by atoms with Gasteiger partial charge in [0.15, 0.2) is 0 Å². The zero-order valence-corrected chi connectivity index (χ0v) is 10.9. The third kappa shape index (κ3) is 1.84. The summed E-state index contributed by atoms with van der Waals surface area (Å²) in [6, 6.07) is 4.26. The van der Waals surface area contributed by atoms with Crippen LogP contribution in [0.3, 0.4) is 0 Å². The summed E-state index contributed by atoms with van der Waals surface area (Å²) in [5.74, 6) is 1.56. The summed E-state index contributed by atoms with van der Waals surface area (Å²) >= 11 is 6.42. The first-order valence-electron chi connectivity index (χ1n) is 6.28. The number of methoxy groups -OCH3 is 1. The largest absolute Gasteiger partial charge is 0.496 e. The Bertz CT molecular complexity index is 450. The molecule has 17 heavy (non-hydrogen) atoms. The van der Waals surface area contributed by atoms with Crippen molar-refractivity contribution >= 4 is 11.6 Å². The van der Waals surface area contributed by atoms with Gasteiger partial charge in [-0.2, -0.15) is 0 Å². The van der Waals surface area contributed by atoms with Crippen LogP contribution in [0.15, 0.2) is 12.1 Å². The van der Waals surface area contributed by atoms with E-state index in [1.807, 2.05) is 0 Å². The molecular formula is C14H18ClNO. The Morgan fingerprint density at radius 2 is 2.12 bits per heavy atom. The van der Waals surface area contributed by atoms with Gasteiger partial charge in [0.05, 0.1) is 7.11 Å². The SMILES string of the molecule is COc1cc(C2(CN)CC2)cc(Cl)c1C1CC1. The maximum absolute atomic E-state index is 6.42. The standard InChI is InChI=1S/C14H18ClNO/c1-17-12-7-10(14(8-16)4-5-14)6-11(15)13(12)9-2-3-9/h6-7,9H,2-5,8,16H2,1H3. The Morgan fingerprint density at radius 1 is 1.41 bits per heavy atom. The van der Waals surface area contributed by atoms with Gasteiger partial charge in [0, 0.05) is 22.5 Å². The van der Waals surface area contributed by atoms with Gasteiger partial charge in [-0.1, -0.05) is 11.6 Å². The molecule has 2 nitrogen and oxygen atoms in total. The van der Waals surface area contributed by atoms with Crippen molar-refractivity contribution in [3.05, 3.63) is 28.3 Å². The molecule has 0 aliphatic heterocycles. The van der Waals surface area contributed by atoms with Crippen LogP contribution in [-0.2, 0) is 5.41 Å². The van der Waals surface area contributed by atoms with Gasteiger partial charge in [-0.3, -0.25) is 0 Å². The molecule has 0 radical (unpaired) electrons. The van der Waals surface area contributed by atoms with Crippen LogP contribution >= 0.6 is 11.6 Å². The molecular weight excluding hydrogens is 234 g/mol. The fraction of sp³-hybridized carbons (Fsp3) is 0.571. The van der Waals surface area contributed by atoms with Gasteiger partial charge < -0.3 is 10.5 Å². The number of ether oxygens (including phenoxy) is 1. The molecule has 0 heterocycles. The molecule has 0 aromatic heterocycles. The van der Waals surface area contributed by atoms with Gasteiger partial charge in [-0.05, 0) is 49.3 Å². The highest BCUT2D eigenvalue weighted by Crippen LogP contribution is 2.53. The average Bonchev–Trinajstić information content (AvgIpc) is 3.20. The maximum atomic E-state index is 6.42. The van der Waals surface area contributed by atoms with E-state index < -0.39 is 0 Å². The lowest BCUT2D eigenvalue weighted by Crippen LogP contribution is -2.19. The highest BCUT2D eigenvalue weighted by atomic mass is 35.5. The second kappa shape index (κ2) is 3.89. The van der Waals surface area contributed by atoms with E-state index in [0.717, 1.165) is 10.8 Å². The number of hydrogen-bond acceptors (Lipinski definition) is 2. The van der Waals surface area contributed by atoms with Crippen LogP contribution in [0.25, 0.3) is 0 Å². The highest BCUT2D eigenvalue weighted by Gasteiger charge is 2.44. The van der Waals surface area contributed by atoms with E-state index in [2.05, 4.69) is 12.1 Å². The number of nitrogens with two attached hydrogens (primary N) is 1. The molecule has 0 saturated heterocycles. The predicted molar refractivity (Wildman–Crippen MR) is 69.9 cm³/mol. The number of rotatable bonds is 4. The molecule has 0 bridgehead atoms. The van der Waals surface area contributed by atoms with E-state index in [1.165, 1.54) is 36.8 Å². The Balaban J connectivity index is 2.05. The summed E-state index contributed by atoms with van der Waals surface area (Å²) in [7, 11) is 1.73. The van der Waals surface area contributed by atoms with Crippen LogP contribution in [-0.4, -0.2) is 13.7 Å². The zero-order valence-electron chi connectivity index (χ0n) is 10.1. The molecule has 0 spiro atoms. The van der Waals surface area contributed by atoms with Gasteiger partial charge in [0.1, 0.15) is 5.75 Å². The van der Waals surface area contributed by atoms with Crippen molar-refractivity contribution in [1.82, 2.24) is 0 Å². The van der Waals surface area contributed by atoms with E-state index in [0.29, 0.717) is 12.5 Å². The number of hydrogen-bond donors (Lipinski definition) is 1. The quantitative estimate of drug-likeness (QED) is 0.892. The third-order valence-corrected chi connectivity index (χ3v) is 4.47. The molecule has 2 N–H and O–H groups in total. The zero-order chi connectivity index (χ0) is 12.0. The molecule has 2 fully saturated rings. The molecule has 0 unspecified atom stereocenters. The minimum Gasteiger partial charge on any atom is -0.496 e. The van der Waals surface area contributed by atoms with E-state index >= 15 is 0 Å². The minimum absolute atomic E-state index is 0.180. The van der Waals surface area contributed by atoms with E-state index in [4.69, 9.17) is 22.1 Å². The fourth-order valence-corrected chi connectivity index (χ4v) is 2.96. The third-order valence-electron chi connectivity index (χ3n) is 4.15.